The Bertz CT molecular complexity index is 1510. The van der Waals surface area contributed by atoms with Crippen molar-refractivity contribution in [2.75, 3.05) is 20.5 Å². The molecule has 0 radical (unpaired) electrons. The van der Waals surface area contributed by atoms with Crippen LogP contribution in [0.3, 0.4) is 0 Å². The number of pyridine rings is 1. The maximum Gasteiger partial charge on any atom is 0.252 e. The normalized spacial score (nSPS) is 17.3. The first-order chi connectivity index (χ1) is 19.1. The van der Waals surface area contributed by atoms with E-state index in [1.807, 2.05) is 47.1 Å². The maximum absolute atomic E-state index is 13.2. The van der Waals surface area contributed by atoms with Crippen LogP contribution in [0.5, 0.6) is 17.2 Å². The topological polar surface area (TPSA) is 117 Å². The van der Waals surface area contributed by atoms with E-state index in [-0.39, 0.29) is 24.5 Å². The van der Waals surface area contributed by atoms with E-state index < -0.39 is 0 Å². The first kappa shape index (κ1) is 25.3. The Morgan fingerprint density at radius 2 is 2.05 bits per heavy atom. The van der Waals surface area contributed by atoms with Crippen LogP contribution in [0.1, 0.15) is 49.2 Å². The lowest BCUT2D eigenvalue weighted by molar-refractivity contribution is 0.0888. The molecule has 204 valence electrons. The molecule has 1 N–H and O–H groups in total. The fourth-order valence-electron chi connectivity index (χ4n) is 5.40. The van der Waals surface area contributed by atoms with Gasteiger partial charge in [-0.05, 0) is 71.0 Å². The van der Waals surface area contributed by atoms with Gasteiger partial charge >= 0.3 is 0 Å². The van der Waals surface area contributed by atoms with Crippen molar-refractivity contribution in [1.82, 2.24) is 30.1 Å². The van der Waals surface area contributed by atoms with Crippen molar-refractivity contribution in [1.29, 1.82) is 0 Å². The lowest BCUT2D eigenvalue weighted by Gasteiger charge is -2.30. The Morgan fingerprint density at radius 3 is 2.87 bits per heavy atom. The summed E-state index contributed by atoms with van der Waals surface area (Å²) in [4.78, 5) is 18.5. The highest BCUT2D eigenvalue weighted by atomic mass is 16.7. The summed E-state index contributed by atoms with van der Waals surface area (Å²) in [6.45, 7) is 4.66. The quantitative estimate of drug-likeness (QED) is 0.327. The Kier molecular flexibility index (Phi) is 7.16. The van der Waals surface area contributed by atoms with Gasteiger partial charge in [0.1, 0.15) is 5.75 Å². The number of methoxy groups -OCH3 is 1. The molecule has 39 heavy (non-hydrogen) atoms. The van der Waals surface area contributed by atoms with Gasteiger partial charge in [-0.1, -0.05) is 13.0 Å². The van der Waals surface area contributed by atoms with Gasteiger partial charge in [-0.25, -0.2) is 4.68 Å². The molecule has 11 heteroatoms. The monoisotopic (exact) mass is 532 g/mol. The number of benzene rings is 2. The minimum absolute atomic E-state index is 0.104. The number of ether oxygens (including phenoxy) is 4. The third-order valence-corrected chi connectivity index (χ3v) is 7.41. The third kappa shape index (κ3) is 5.32. The van der Waals surface area contributed by atoms with Crippen LogP contribution >= 0.6 is 0 Å². The summed E-state index contributed by atoms with van der Waals surface area (Å²) >= 11 is 0. The Balaban J connectivity index is 1.35. The van der Waals surface area contributed by atoms with E-state index in [2.05, 4.69) is 32.3 Å². The SMILES string of the molecule is CC[C@@H](c1nnnn1C[C@@H]1CCCO1)N(Cc1ccc2c(c1)OCO2)Cc1cc2ccc(OC)cc2[nH]c1=O. The maximum atomic E-state index is 13.2. The summed E-state index contributed by atoms with van der Waals surface area (Å²) in [5.74, 6) is 2.91. The first-order valence-electron chi connectivity index (χ1n) is 13.3. The van der Waals surface area contributed by atoms with E-state index in [9.17, 15) is 4.79 Å². The van der Waals surface area contributed by atoms with Crippen LogP contribution in [0.4, 0.5) is 0 Å². The molecule has 0 spiro atoms. The molecule has 2 aliphatic heterocycles. The second-order valence-corrected chi connectivity index (χ2v) is 9.95. The molecular formula is C28H32N6O5. The summed E-state index contributed by atoms with van der Waals surface area (Å²) in [7, 11) is 1.61. The average molecular weight is 533 g/mol. The number of hydrogen-bond acceptors (Lipinski definition) is 9. The van der Waals surface area contributed by atoms with Crippen molar-refractivity contribution in [3.63, 3.8) is 0 Å². The predicted octanol–water partition coefficient (Wildman–Crippen LogP) is 3.58. The Hall–Kier alpha value is -3.96. The van der Waals surface area contributed by atoms with Crippen LogP contribution in [0.2, 0.25) is 0 Å². The van der Waals surface area contributed by atoms with E-state index >= 15 is 0 Å². The molecule has 0 amide bonds. The van der Waals surface area contributed by atoms with E-state index in [4.69, 9.17) is 18.9 Å². The molecule has 4 aromatic rings. The van der Waals surface area contributed by atoms with Crippen molar-refractivity contribution in [2.24, 2.45) is 0 Å². The summed E-state index contributed by atoms with van der Waals surface area (Å²) in [6.07, 6.45) is 2.90. The largest absolute Gasteiger partial charge is 0.497 e. The van der Waals surface area contributed by atoms with Crippen molar-refractivity contribution in [3.8, 4) is 17.2 Å². The Morgan fingerprint density at radius 1 is 1.15 bits per heavy atom. The first-order valence-corrected chi connectivity index (χ1v) is 13.3. The van der Waals surface area contributed by atoms with Gasteiger partial charge in [-0.3, -0.25) is 9.69 Å². The molecule has 1 fully saturated rings. The third-order valence-electron chi connectivity index (χ3n) is 7.41. The highest BCUT2D eigenvalue weighted by molar-refractivity contribution is 5.80. The number of nitrogens with zero attached hydrogens (tertiary/aromatic N) is 5. The fraction of sp³-hybridized carbons (Fsp3) is 0.429. The van der Waals surface area contributed by atoms with Gasteiger partial charge in [0.25, 0.3) is 5.56 Å². The fourth-order valence-corrected chi connectivity index (χ4v) is 5.40. The molecule has 2 atom stereocenters. The highest BCUT2D eigenvalue weighted by Gasteiger charge is 2.28. The van der Waals surface area contributed by atoms with Gasteiger partial charge in [0, 0.05) is 31.3 Å². The molecule has 2 aromatic heterocycles. The zero-order valence-corrected chi connectivity index (χ0v) is 22.1. The van der Waals surface area contributed by atoms with Crippen LogP contribution in [0, 0.1) is 0 Å². The molecule has 0 aliphatic carbocycles. The minimum Gasteiger partial charge on any atom is -0.497 e. The summed E-state index contributed by atoms with van der Waals surface area (Å²) < 4.78 is 24.2. The van der Waals surface area contributed by atoms with Gasteiger partial charge in [-0.15, -0.1) is 5.10 Å². The summed E-state index contributed by atoms with van der Waals surface area (Å²) in [5.41, 5.74) is 2.29. The highest BCUT2D eigenvalue weighted by Crippen LogP contribution is 2.34. The number of fused-ring (bicyclic) bond motifs is 2. The van der Waals surface area contributed by atoms with Gasteiger partial charge in [0.05, 0.1) is 31.3 Å². The number of rotatable bonds is 10. The Labute approximate surface area is 225 Å². The van der Waals surface area contributed by atoms with Crippen molar-refractivity contribution < 1.29 is 18.9 Å². The van der Waals surface area contributed by atoms with E-state index in [0.717, 1.165) is 59.7 Å². The van der Waals surface area contributed by atoms with Gasteiger partial charge < -0.3 is 23.9 Å². The lowest BCUT2D eigenvalue weighted by atomic mass is 10.1. The van der Waals surface area contributed by atoms with E-state index in [1.165, 1.54) is 0 Å². The molecule has 2 aliphatic rings. The van der Waals surface area contributed by atoms with Crippen molar-refractivity contribution in [2.45, 2.75) is 58.0 Å². The molecule has 6 rings (SSSR count). The van der Waals surface area contributed by atoms with Gasteiger partial charge in [0.2, 0.25) is 6.79 Å². The number of aromatic nitrogens is 5. The summed E-state index contributed by atoms with van der Waals surface area (Å²) in [5, 5.41) is 13.7. The number of aromatic amines is 1. The zero-order valence-electron chi connectivity index (χ0n) is 22.1. The molecule has 0 bridgehead atoms. The van der Waals surface area contributed by atoms with Crippen LogP contribution < -0.4 is 19.8 Å². The molecule has 11 nitrogen and oxygen atoms in total. The smallest absolute Gasteiger partial charge is 0.252 e. The molecular weight excluding hydrogens is 500 g/mol. The lowest BCUT2D eigenvalue weighted by Crippen LogP contribution is -2.33. The second-order valence-electron chi connectivity index (χ2n) is 9.95. The second kappa shape index (κ2) is 11.0. The number of tetrazole rings is 1. The zero-order chi connectivity index (χ0) is 26.8. The molecule has 1 saturated heterocycles. The van der Waals surface area contributed by atoms with Crippen LogP contribution in [0.15, 0.2) is 47.3 Å². The standard InChI is InChI=1S/C28H32N6O5/c1-3-24(27-30-31-32-34(27)16-22-5-4-10-37-22)33(14-18-6-9-25-26(11-18)39-17-38-25)15-20-12-19-7-8-21(36-2)13-23(19)29-28(20)35/h6-9,11-13,22,24H,3-5,10,14-17H2,1-2H3,(H,29,35)/t22-,24-/m0/s1. The summed E-state index contributed by atoms with van der Waals surface area (Å²) in [6, 6.07) is 13.4. The average Bonchev–Trinajstić information content (AvgIpc) is 3.72. The molecule has 2 aromatic carbocycles. The van der Waals surface area contributed by atoms with Gasteiger partial charge in [0.15, 0.2) is 17.3 Å². The molecule has 4 heterocycles. The van der Waals surface area contributed by atoms with Gasteiger partial charge in [-0.2, -0.15) is 0 Å². The van der Waals surface area contributed by atoms with Crippen molar-refractivity contribution >= 4 is 10.9 Å². The molecule has 0 saturated carbocycles. The number of hydrogen-bond donors (Lipinski definition) is 1. The minimum atomic E-state index is -0.141. The van der Waals surface area contributed by atoms with Crippen LogP contribution in [-0.4, -0.2) is 56.7 Å². The van der Waals surface area contributed by atoms with Crippen LogP contribution in [0.25, 0.3) is 10.9 Å². The van der Waals surface area contributed by atoms with E-state index in [1.54, 1.807) is 7.11 Å². The van der Waals surface area contributed by atoms with E-state index in [0.29, 0.717) is 30.9 Å². The molecule has 0 unspecified atom stereocenters. The van der Waals surface area contributed by atoms with Crippen molar-refractivity contribution in [3.05, 3.63) is 69.8 Å². The predicted molar refractivity (Wildman–Crippen MR) is 143 cm³/mol. The number of H-pyrrole nitrogens is 1. The number of nitrogens with one attached hydrogen (secondary N) is 1. The van der Waals surface area contributed by atoms with Crippen LogP contribution in [-0.2, 0) is 24.4 Å².